The van der Waals surface area contributed by atoms with E-state index >= 15 is 0 Å². The van der Waals surface area contributed by atoms with Gasteiger partial charge in [-0.25, -0.2) is 0 Å². The van der Waals surface area contributed by atoms with Gasteiger partial charge in [0.25, 0.3) is 0 Å². The number of thiophene rings is 1. The van der Waals surface area contributed by atoms with Gasteiger partial charge >= 0.3 is 5.69 Å². The normalized spacial score (nSPS) is 14.6. The lowest BCUT2D eigenvalue weighted by Crippen LogP contribution is -2.25. The van der Waals surface area contributed by atoms with E-state index in [-0.39, 0.29) is 0 Å². The van der Waals surface area contributed by atoms with Crippen LogP contribution >= 0.6 is 11.3 Å². The van der Waals surface area contributed by atoms with Gasteiger partial charge in [-0.15, -0.1) is 11.3 Å². The molecule has 6 heteroatoms. The summed E-state index contributed by atoms with van der Waals surface area (Å²) in [6, 6.07) is 8.91. The molecule has 1 aromatic carbocycles. The smallest absolute Gasteiger partial charge is 0.291 e. The molecule has 0 spiro atoms. The fraction of sp³-hybridized carbons (Fsp3) is 0.333. The molecule has 0 atom stereocenters. The average Bonchev–Trinajstić information content (AvgIpc) is 3.18. The number of halogens is 1. The summed E-state index contributed by atoms with van der Waals surface area (Å²) < 4.78 is 14.2. The second-order valence-electron chi connectivity index (χ2n) is 5.22. The Bertz CT molecular complexity index is 641. The largest absolute Gasteiger partial charge is 0.305 e. The highest BCUT2D eigenvalue weighted by Gasteiger charge is 2.30. The van der Waals surface area contributed by atoms with Crippen molar-refractivity contribution in [3.8, 4) is 0 Å². The van der Waals surface area contributed by atoms with Crippen LogP contribution in [0.4, 0.5) is 10.1 Å². The van der Waals surface area contributed by atoms with Gasteiger partial charge in [-0.1, -0.05) is 18.2 Å². The SMILES string of the molecule is O=[N+]([O-])c1cccc(CN(Cc2cccs2)C2CC2)c1F. The lowest BCUT2D eigenvalue weighted by Gasteiger charge is -2.21. The third kappa shape index (κ3) is 3.28. The number of nitro benzene ring substituents is 1. The topological polar surface area (TPSA) is 46.4 Å². The molecule has 110 valence electrons. The van der Waals surface area contributed by atoms with Gasteiger partial charge in [-0.3, -0.25) is 15.0 Å². The molecule has 1 heterocycles. The third-order valence-corrected chi connectivity index (χ3v) is 4.49. The van der Waals surface area contributed by atoms with Crippen LogP contribution in [0.15, 0.2) is 35.7 Å². The first kappa shape index (κ1) is 14.2. The maximum Gasteiger partial charge on any atom is 0.305 e. The fourth-order valence-electron chi connectivity index (χ4n) is 2.40. The molecule has 4 nitrogen and oxygen atoms in total. The van der Waals surface area contributed by atoms with E-state index in [1.807, 2.05) is 11.4 Å². The summed E-state index contributed by atoms with van der Waals surface area (Å²) in [6.07, 6.45) is 2.23. The molecular formula is C15H15FN2O2S. The van der Waals surface area contributed by atoms with E-state index in [9.17, 15) is 14.5 Å². The molecule has 0 bridgehead atoms. The number of rotatable bonds is 6. The Labute approximate surface area is 126 Å². The van der Waals surface area contributed by atoms with Crippen LogP contribution in [0.5, 0.6) is 0 Å². The first-order valence-electron chi connectivity index (χ1n) is 6.83. The summed E-state index contributed by atoms with van der Waals surface area (Å²) in [5.74, 6) is -0.709. The summed E-state index contributed by atoms with van der Waals surface area (Å²) in [5.41, 5.74) is -0.0490. The van der Waals surface area contributed by atoms with E-state index < -0.39 is 16.4 Å². The minimum absolute atomic E-state index is 0.396. The molecule has 0 N–H and O–H groups in total. The van der Waals surface area contributed by atoms with Crippen LogP contribution in [-0.4, -0.2) is 15.9 Å². The summed E-state index contributed by atoms with van der Waals surface area (Å²) in [7, 11) is 0. The Morgan fingerprint density at radius 1 is 1.29 bits per heavy atom. The van der Waals surface area contributed by atoms with Gasteiger partial charge in [0, 0.05) is 35.6 Å². The Hall–Kier alpha value is -1.79. The molecule has 1 fully saturated rings. The van der Waals surface area contributed by atoms with E-state index in [4.69, 9.17) is 0 Å². The minimum atomic E-state index is -0.709. The van der Waals surface area contributed by atoms with Crippen LogP contribution in [0.1, 0.15) is 23.3 Å². The standard InChI is InChI=1S/C15H15FN2O2S/c16-15-11(3-1-5-14(15)18(19)20)9-17(12-6-7-12)10-13-4-2-8-21-13/h1-5,8,12H,6-7,9-10H2. The van der Waals surface area contributed by atoms with Crippen LogP contribution in [0.2, 0.25) is 0 Å². The maximum absolute atomic E-state index is 14.2. The molecule has 1 aliphatic rings. The lowest BCUT2D eigenvalue weighted by atomic mass is 10.1. The molecule has 0 aliphatic heterocycles. The first-order valence-corrected chi connectivity index (χ1v) is 7.71. The van der Waals surface area contributed by atoms with E-state index in [1.165, 1.54) is 10.9 Å². The number of benzene rings is 1. The van der Waals surface area contributed by atoms with E-state index in [0.717, 1.165) is 19.4 Å². The van der Waals surface area contributed by atoms with Crippen molar-refractivity contribution in [3.05, 3.63) is 62.1 Å². The zero-order valence-corrected chi connectivity index (χ0v) is 12.2. The van der Waals surface area contributed by atoms with E-state index in [0.29, 0.717) is 18.2 Å². The van der Waals surface area contributed by atoms with Crippen molar-refractivity contribution in [2.75, 3.05) is 0 Å². The molecule has 1 saturated carbocycles. The number of nitrogens with zero attached hydrogens (tertiary/aromatic N) is 2. The van der Waals surface area contributed by atoms with Gasteiger partial charge in [0.1, 0.15) is 0 Å². The van der Waals surface area contributed by atoms with Crippen LogP contribution < -0.4 is 0 Å². The van der Waals surface area contributed by atoms with Gasteiger partial charge in [-0.05, 0) is 24.3 Å². The predicted octanol–water partition coefficient (Wildman–Crippen LogP) is 3.96. The molecule has 21 heavy (non-hydrogen) atoms. The van der Waals surface area contributed by atoms with E-state index in [2.05, 4.69) is 11.0 Å². The van der Waals surface area contributed by atoms with Crippen molar-refractivity contribution < 1.29 is 9.31 Å². The Kier molecular flexibility index (Phi) is 3.98. The quantitative estimate of drug-likeness (QED) is 0.599. The molecule has 0 amide bonds. The molecule has 2 aromatic rings. The number of hydrogen-bond acceptors (Lipinski definition) is 4. The van der Waals surface area contributed by atoms with Gasteiger partial charge in [-0.2, -0.15) is 4.39 Å². The van der Waals surface area contributed by atoms with Crippen LogP contribution in [0.3, 0.4) is 0 Å². The maximum atomic E-state index is 14.2. The molecule has 0 radical (unpaired) electrons. The summed E-state index contributed by atoms with van der Waals surface area (Å²) in [5, 5.41) is 12.8. The van der Waals surface area contributed by atoms with Crippen LogP contribution in [-0.2, 0) is 13.1 Å². The second-order valence-corrected chi connectivity index (χ2v) is 6.26. The fourth-order valence-corrected chi connectivity index (χ4v) is 3.13. The number of hydrogen-bond donors (Lipinski definition) is 0. The monoisotopic (exact) mass is 306 g/mol. The summed E-state index contributed by atoms with van der Waals surface area (Å²) in [4.78, 5) is 13.6. The molecular weight excluding hydrogens is 291 g/mol. The number of nitro groups is 1. The van der Waals surface area contributed by atoms with Crippen LogP contribution in [0.25, 0.3) is 0 Å². The van der Waals surface area contributed by atoms with Gasteiger partial charge in [0.05, 0.1) is 4.92 Å². The van der Waals surface area contributed by atoms with Gasteiger partial charge < -0.3 is 0 Å². The van der Waals surface area contributed by atoms with Crippen molar-refractivity contribution >= 4 is 17.0 Å². The minimum Gasteiger partial charge on any atom is -0.291 e. The van der Waals surface area contributed by atoms with Crippen molar-refractivity contribution in [1.82, 2.24) is 4.90 Å². The zero-order chi connectivity index (χ0) is 14.8. The predicted molar refractivity (Wildman–Crippen MR) is 79.6 cm³/mol. The molecule has 1 aromatic heterocycles. The zero-order valence-electron chi connectivity index (χ0n) is 11.4. The van der Waals surface area contributed by atoms with Crippen molar-refractivity contribution in [2.45, 2.75) is 32.0 Å². The average molecular weight is 306 g/mol. The molecule has 3 rings (SSSR count). The Morgan fingerprint density at radius 2 is 2.10 bits per heavy atom. The first-order chi connectivity index (χ1) is 10.1. The third-order valence-electron chi connectivity index (χ3n) is 3.63. The second kappa shape index (κ2) is 5.91. The van der Waals surface area contributed by atoms with Crippen molar-refractivity contribution in [2.24, 2.45) is 0 Å². The van der Waals surface area contributed by atoms with Crippen LogP contribution in [0, 0.1) is 15.9 Å². The molecule has 0 unspecified atom stereocenters. The van der Waals surface area contributed by atoms with Gasteiger partial charge in [0.15, 0.2) is 0 Å². The Balaban J connectivity index is 1.80. The Morgan fingerprint density at radius 3 is 2.71 bits per heavy atom. The summed E-state index contributed by atoms with van der Waals surface area (Å²) in [6.45, 7) is 1.18. The van der Waals surface area contributed by atoms with Gasteiger partial charge in [0.2, 0.25) is 5.82 Å². The molecule has 1 aliphatic carbocycles. The molecule has 0 saturated heterocycles. The summed E-state index contributed by atoms with van der Waals surface area (Å²) >= 11 is 1.68. The lowest BCUT2D eigenvalue weighted by molar-refractivity contribution is -0.387. The highest BCUT2D eigenvalue weighted by atomic mass is 32.1. The van der Waals surface area contributed by atoms with Crippen molar-refractivity contribution in [3.63, 3.8) is 0 Å². The highest BCUT2D eigenvalue weighted by molar-refractivity contribution is 7.09. The highest BCUT2D eigenvalue weighted by Crippen LogP contribution is 2.32. The van der Waals surface area contributed by atoms with E-state index in [1.54, 1.807) is 23.5 Å². The van der Waals surface area contributed by atoms with Crippen molar-refractivity contribution in [1.29, 1.82) is 0 Å².